The van der Waals surface area contributed by atoms with Crippen molar-refractivity contribution in [3.8, 4) is 5.82 Å². The van der Waals surface area contributed by atoms with Gasteiger partial charge in [-0.3, -0.25) is 9.56 Å². The molecule has 27 heavy (non-hydrogen) atoms. The van der Waals surface area contributed by atoms with Crippen LogP contribution in [0, 0.1) is 11.8 Å². The van der Waals surface area contributed by atoms with Gasteiger partial charge in [0, 0.05) is 62.7 Å². The molecule has 7 nitrogen and oxygen atoms in total. The summed E-state index contributed by atoms with van der Waals surface area (Å²) in [5.41, 5.74) is 1.12. The first kappa shape index (κ1) is 18.7. The van der Waals surface area contributed by atoms with Gasteiger partial charge in [0.05, 0.1) is 12.2 Å². The third kappa shape index (κ3) is 3.33. The van der Waals surface area contributed by atoms with Crippen molar-refractivity contribution in [3.05, 3.63) is 42.6 Å². The van der Waals surface area contributed by atoms with Crippen LogP contribution in [0.25, 0.3) is 5.82 Å². The second-order valence-corrected chi connectivity index (χ2v) is 7.38. The maximum atomic E-state index is 6.08. The predicted molar refractivity (Wildman–Crippen MR) is 113 cm³/mol. The molecule has 3 saturated heterocycles. The number of fused-ring (bicyclic) bond motifs is 5. The molecular weight excluding hydrogens is 455 g/mol. The molecule has 0 saturated carbocycles. The van der Waals surface area contributed by atoms with E-state index < -0.39 is 0 Å². The summed E-state index contributed by atoms with van der Waals surface area (Å²) in [7, 11) is 1.86. The Morgan fingerprint density at radius 3 is 2.70 bits per heavy atom. The first-order valence-corrected chi connectivity index (χ1v) is 9.37. The number of rotatable bonds is 3. The van der Waals surface area contributed by atoms with Gasteiger partial charge >= 0.3 is 0 Å². The van der Waals surface area contributed by atoms with Crippen molar-refractivity contribution < 1.29 is 4.74 Å². The summed E-state index contributed by atoms with van der Waals surface area (Å²) in [4.78, 5) is 15.6. The molecule has 8 heteroatoms. The van der Waals surface area contributed by atoms with E-state index in [1.165, 1.54) is 12.8 Å². The molecule has 0 radical (unpaired) electrons. The number of pyridine rings is 1. The average Bonchev–Trinajstić information content (AvgIpc) is 3.44. The lowest BCUT2D eigenvalue weighted by Gasteiger charge is -2.23. The van der Waals surface area contributed by atoms with Crippen LogP contribution in [0.5, 0.6) is 0 Å². The van der Waals surface area contributed by atoms with E-state index in [9.17, 15) is 0 Å². The maximum absolute atomic E-state index is 6.08. The fraction of sp³-hybridized carbons (Fsp3) is 0.526. The van der Waals surface area contributed by atoms with Crippen LogP contribution in [0.2, 0.25) is 0 Å². The number of hydrogen-bond donors (Lipinski definition) is 1. The van der Waals surface area contributed by atoms with E-state index in [1.807, 2.05) is 30.1 Å². The number of guanidine groups is 1. The van der Waals surface area contributed by atoms with Crippen LogP contribution in [-0.4, -0.2) is 57.7 Å². The minimum Gasteiger partial charge on any atom is -0.374 e. The summed E-state index contributed by atoms with van der Waals surface area (Å²) in [5, 5.41) is 3.53. The fourth-order valence-corrected chi connectivity index (χ4v) is 4.82. The second kappa shape index (κ2) is 7.75. The molecule has 2 bridgehead atoms. The Balaban J connectivity index is 0.00000180. The maximum Gasteiger partial charge on any atom is 0.193 e. The summed E-state index contributed by atoms with van der Waals surface area (Å²) in [5.74, 6) is 3.22. The van der Waals surface area contributed by atoms with Crippen LogP contribution in [0.1, 0.15) is 18.4 Å². The zero-order chi connectivity index (χ0) is 17.5. The number of nitrogens with zero attached hydrogens (tertiary/aromatic N) is 5. The first-order valence-electron chi connectivity index (χ1n) is 9.37. The van der Waals surface area contributed by atoms with E-state index in [1.54, 1.807) is 12.5 Å². The third-order valence-electron chi connectivity index (χ3n) is 6.02. The van der Waals surface area contributed by atoms with Crippen molar-refractivity contribution in [2.45, 2.75) is 31.6 Å². The number of halogens is 1. The highest BCUT2D eigenvalue weighted by atomic mass is 127. The number of nitrogens with one attached hydrogen (secondary N) is 1. The van der Waals surface area contributed by atoms with Crippen molar-refractivity contribution in [1.29, 1.82) is 0 Å². The van der Waals surface area contributed by atoms with Crippen molar-refractivity contribution >= 4 is 29.9 Å². The summed E-state index contributed by atoms with van der Waals surface area (Å²) in [6, 6.07) is 4.06. The van der Waals surface area contributed by atoms with Gasteiger partial charge in [-0.15, -0.1) is 24.0 Å². The standard InChI is InChI=1S/C19H24N6O.HI/c1-20-19(25-10-14-15(11-25)17-5-4-16(14)26-17)23-9-13-3-2-6-22-18(13)24-8-7-21-12-24;/h2-3,6-8,12,14-17H,4-5,9-11H2,1H3,(H,20,23);1H. The van der Waals surface area contributed by atoms with Gasteiger partial charge in [0.25, 0.3) is 0 Å². The van der Waals surface area contributed by atoms with Crippen molar-refractivity contribution in [2.24, 2.45) is 16.8 Å². The Morgan fingerprint density at radius 2 is 2.04 bits per heavy atom. The van der Waals surface area contributed by atoms with Crippen LogP contribution < -0.4 is 5.32 Å². The Morgan fingerprint density at radius 1 is 1.26 bits per heavy atom. The summed E-state index contributed by atoms with van der Waals surface area (Å²) in [6.07, 6.45) is 10.7. The smallest absolute Gasteiger partial charge is 0.193 e. The molecule has 0 spiro atoms. The Kier molecular flexibility index (Phi) is 5.36. The van der Waals surface area contributed by atoms with Crippen molar-refractivity contribution in [2.75, 3.05) is 20.1 Å². The van der Waals surface area contributed by atoms with Crippen LogP contribution in [-0.2, 0) is 11.3 Å². The number of likely N-dealkylation sites (tertiary alicyclic amines) is 1. The zero-order valence-corrected chi connectivity index (χ0v) is 17.7. The number of imidazole rings is 1. The van der Waals surface area contributed by atoms with E-state index in [-0.39, 0.29) is 24.0 Å². The predicted octanol–water partition coefficient (Wildman–Crippen LogP) is 2.07. The molecule has 4 atom stereocenters. The molecular formula is C19H25IN6O. The summed E-state index contributed by atoms with van der Waals surface area (Å²) >= 11 is 0. The van der Waals surface area contributed by atoms with Crippen LogP contribution in [0.3, 0.4) is 0 Å². The van der Waals surface area contributed by atoms with Gasteiger partial charge in [-0.1, -0.05) is 6.07 Å². The van der Waals surface area contributed by atoms with E-state index >= 15 is 0 Å². The Bertz CT molecular complexity index is 792. The van der Waals surface area contributed by atoms with Gasteiger partial charge in [-0.2, -0.15) is 0 Å². The van der Waals surface area contributed by atoms with E-state index in [4.69, 9.17) is 4.74 Å². The number of ether oxygens (including phenoxy) is 1. The molecule has 0 aromatic carbocycles. The molecule has 4 unspecified atom stereocenters. The summed E-state index contributed by atoms with van der Waals surface area (Å²) in [6.45, 7) is 2.78. The Labute approximate surface area is 176 Å². The quantitative estimate of drug-likeness (QED) is 0.414. The van der Waals surface area contributed by atoms with Crippen molar-refractivity contribution in [1.82, 2.24) is 24.8 Å². The van der Waals surface area contributed by atoms with Crippen molar-refractivity contribution in [3.63, 3.8) is 0 Å². The first-order chi connectivity index (χ1) is 12.8. The molecule has 5 heterocycles. The zero-order valence-electron chi connectivity index (χ0n) is 15.4. The molecule has 0 amide bonds. The monoisotopic (exact) mass is 480 g/mol. The highest BCUT2D eigenvalue weighted by molar-refractivity contribution is 14.0. The lowest BCUT2D eigenvalue weighted by molar-refractivity contribution is 0.0767. The van der Waals surface area contributed by atoms with Gasteiger partial charge in [0.2, 0.25) is 0 Å². The van der Waals surface area contributed by atoms with Crippen LogP contribution in [0.15, 0.2) is 42.0 Å². The van der Waals surface area contributed by atoms with Crippen LogP contribution in [0.4, 0.5) is 0 Å². The van der Waals surface area contributed by atoms with E-state index in [2.05, 4.69) is 31.2 Å². The van der Waals surface area contributed by atoms with Crippen LogP contribution >= 0.6 is 24.0 Å². The highest BCUT2D eigenvalue weighted by Gasteiger charge is 2.53. The van der Waals surface area contributed by atoms with Gasteiger partial charge in [0.15, 0.2) is 5.96 Å². The van der Waals surface area contributed by atoms with Gasteiger partial charge < -0.3 is 15.0 Å². The van der Waals surface area contributed by atoms with Gasteiger partial charge in [-0.25, -0.2) is 9.97 Å². The second-order valence-electron chi connectivity index (χ2n) is 7.38. The largest absolute Gasteiger partial charge is 0.374 e. The third-order valence-corrected chi connectivity index (χ3v) is 6.02. The average molecular weight is 480 g/mol. The molecule has 2 aromatic rings. The molecule has 1 N–H and O–H groups in total. The lowest BCUT2D eigenvalue weighted by Crippen LogP contribution is -2.41. The SMILES string of the molecule is CN=C(NCc1cccnc1-n1ccnc1)N1CC2C3CCC(O3)C2C1.I. The molecule has 3 aliphatic heterocycles. The van der Waals surface area contributed by atoms with E-state index in [0.29, 0.717) is 30.6 Å². The molecule has 5 rings (SSSR count). The Hall–Kier alpha value is -1.68. The number of aromatic nitrogens is 3. The van der Waals surface area contributed by atoms with Gasteiger partial charge in [-0.05, 0) is 18.9 Å². The minimum atomic E-state index is 0. The topological polar surface area (TPSA) is 67.6 Å². The lowest BCUT2D eigenvalue weighted by atomic mass is 9.82. The number of aliphatic imine (C=N–C) groups is 1. The minimum absolute atomic E-state index is 0. The molecule has 2 aromatic heterocycles. The summed E-state index contributed by atoms with van der Waals surface area (Å²) < 4.78 is 8.02. The molecule has 0 aliphatic carbocycles. The fourth-order valence-electron chi connectivity index (χ4n) is 4.82. The normalized spacial score (nSPS) is 28.9. The van der Waals surface area contributed by atoms with E-state index in [0.717, 1.165) is 30.4 Å². The highest BCUT2D eigenvalue weighted by Crippen LogP contribution is 2.47. The molecule has 3 fully saturated rings. The number of hydrogen-bond acceptors (Lipinski definition) is 4. The molecule has 3 aliphatic rings. The molecule has 144 valence electrons. The van der Waals surface area contributed by atoms with Gasteiger partial charge in [0.1, 0.15) is 12.1 Å².